The van der Waals surface area contributed by atoms with Crippen molar-refractivity contribution in [1.29, 1.82) is 0 Å². The molecule has 118 valence electrons. The van der Waals surface area contributed by atoms with Crippen molar-refractivity contribution in [2.75, 3.05) is 19.5 Å². The minimum atomic E-state index is 0.625. The fraction of sp³-hybridized carbons (Fsp3) is 0.222. The zero-order valence-electron chi connectivity index (χ0n) is 13.5. The van der Waals surface area contributed by atoms with Gasteiger partial charge in [-0.1, -0.05) is 6.07 Å². The summed E-state index contributed by atoms with van der Waals surface area (Å²) in [5, 5.41) is 4.31. The highest BCUT2D eigenvalue weighted by atomic mass is 16.5. The number of hydrogen-bond donors (Lipinski definition) is 1. The molecular weight excluding hydrogens is 290 g/mol. The molecule has 23 heavy (non-hydrogen) atoms. The number of anilines is 1. The summed E-state index contributed by atoms with van der Waals surface area (Å²) in [6.45, 7) is 2.67. The average Bonchev–Trinajstić information content (AvgIpc) is 2.59. The van der Waals surface area contributed by atoms with Gasteiger partial charge in [-0.15, -0.1) is 0 Å². The Morgan fingerprint density at radius 3 is 2.65 bits per heavy atom. The third-order valence-electron chi connectivity index (χ3n) is 3.68. The normalized spacial score (nSPS) is 10.6. The smallest absolute Gasteiger partial charge is 0.132 e. The van der Waals surface area contributed by atoms with E-state index in [0.717, 1.165) is 39.5 Å². The molecule has 0 amide bonds. The number of nitrogens with zero attached hydrogens (tertiary/aromatic N) is 2. The summed E-state index contributed by atoms with van der Waals surface area (Å²) >= 11 is 0. The highest BCUT2D eigenvalue weighted by Crippen LogP contribution is 2.33. The van der Waals surface area contributed by atoms with Crippen LogP contribution >= 0.6 is 0 Å². The first-order valence-corrected chi connectivity index (χ1v) is 7.38. The maximum absolute atomic E-state index is 5.47. The predicted octanol–water partition coefficient (Wildman–Crippen LogP) is 3.57. The van der Waals surface area contributed by atoms with Crippen molar-refractivity contribution in [2.45, 2.75) is 13.5 Å². The Hall–Kier alpha value is -2.82. The molecule has 0 aliphatic rings. The molecule has 1 aromatic carbocycles. The Morgan fingerprint density at radius 2 is 1.96 bits per heavy atom. The molecule has 0 fully saturated rings. The van der Waals surface area contributed by atoms with E-state index >= 15 is 0 Å². The lowest BCUT2D eigenvalue weighted by molar-refractivity contribution is 0.397. The third-order valence-corrected chi connectivity index (χ3v) is 3.68. The molecule has 0 aliphatic carbocycles. The van der Waals surface area contributed by atoms with Crippen molar-refractivity contribution in [3.63, 3.8) is 0 Å². The Morgan fingerprint density at radius 1 is 1.09 bits per heavy atom. The molecule has 0 unspecified atom stereocenters. The summed E-state index contributed by atoms with van der Waals surface area (Å²) in [6, 6.07) is 11.7. The topological polar surface area (TPSA) is 56.3 Å². The van der Waals surface area contributed by atoms with Gasteiger partial charge in [0.15, 0.2) is 0 Å². The highest BCUT2D eigenvalue weighted by Gasteiger charge is 2.11. The molecule has 0 spiro atoms. The lowest BCUT2D eigenvalue weighted by atomic mass is 10.1. The summed E-state index contributed by atoms with van der Waals surface area (Å²) in [6.07, 6.45) is 1.78. The first-order valence-electron chi connectivity index (χ1n) is 7.38. The highest BCUT2D eigenvalue weighted by molar-refractivity contribution is 5.91. The van der Waals surface area contributed by atoms with E-state index in [9.17, 15) is 0 Å². The standard InChI is InChI=1S/C18H19N3O2/c1-12-8-17(20-11-13-6-4-5-7-19-13)21-15-9-14(22-2)10-16(23-3)18(12)15/h4-10H,11H2,1-3H3,(H,20,21). The van der Waals surface area contributed by atoms with Crippen LogP contribution in [0.25, 0.3) is 10.9 Å². The van der Waals surface area contributed by atoms with Crippen LogP contribution in [0, 0.1) is 6.92 Å². The van der Waals surface area contributed by atoms with Gasteiger partial charge in [0.1, 0.15) is 17.3 Å². The number of nitrogens with one attached hydrogen (secondary N) is 1. The summed E-state index contributed by atoms with van der Waals surface area (Å²) < 4.78 is 10.8. The van der Waals surface area contributed by atoms with Crippen LogP contribution in [0.3, 0.4) is 0 Å². The van der Waals surface area contributed by atoms with E-state index in [4.69, 9.17) is 9.47 Å². The maximum atomic E-state index is 5.47. The lowest BCUT2D eigenvalue weighted by Crippen LogP contribution is -2.04. The van der Waals surface area contributed by atoms with Gasteiger partial charge in [-0.05, 0) is 30.7 Å². The molecule has 0 aliphatic heterocycles. The lowest BCUT2D eigenvalue weighted by Gasteiger charge is -2.13. The largest absolute Gasteiger partial charge is 0.497 e. The van der Waals surface area contributed by atoms with Gasteiger partial charge in [0, 0.05) is 23.7 Å². The summed E-state index contributed by atoms with van der Waals surface area (Å²) in [7, 11) is 3.29. The van der Waals surface area contributed by atoms with Crippen molar-refractivity contribution < 1.29 is 9.47 Å². The fourth-order valence-corrected chi connectivity index (χ4v) is 2.55. The molecule has 0 radical (unpaired) electrons. The van der Waals surface area contributed by atoms with Crippen LogP contribution in [-0.4, -0.2) is 24.2 Å². The van der Waals surface area contributed by atoms with E-state index in [2.05, 4.69) is 15.3 Å². The number of methoxy groups -OCH3 is 2. The van der Waals surface area contributed by atoms with Gasteiger partial charge in [-0.2, -0.15) is 0 Å². The number of benzene rings is 1. The van der Waals surface area contributed by atoms with Gasteiger partial charge in [0.05, 0.1) is 32.0 Å². The van der Waals surface area contributed by atoms with Gasteiger partial charge >= 0.3 is 0 Å². The molecule has 0 bridgehead atoms. The second kappa shape index (κ2) is 6.52. The number of aryl methyl sites for hydroxylation is 1. The molecule has 5 nitrogen and oxygen atoms in total. The van der Waals surface area contributed by atoms with Gasteiger partial charge in [-0.25, -0.2) is 4.98 Å². The fourth-order valence-electron chi connectivity index (χ4n) is 2.55. The molecule has 0 saturated heterocycles. The van der Waals surface area contributed by atoms with Crippen molar-refractivity contribution in [2.24, 2.45) is 0 Å². The van der Waals surface area contributed by atoms with Crippen LogP contribution in [0.4, 0.5) is 5.82 Å². The van der Waals surface area contributed by atoms with Gasteiger partial charge < -0.3 is 14.8 Å². The number of fused-ring (bicyclic) bond motifs is 1. The molecule has 0 atom stereocenters. The Balaban J connectivity index is 1.96. The SMILES string of the molecule is COc1cc(OC)c2c(C)cc(NCc3ccccn3)nc2c1. The van der Waals surface area contributed by atoms with Crippen molar-refractivity contribution in [3.8, 4) is 11.5 Å². The number of ether oxygens (including phenoxy) is 2. The van der Waals surface area contributed by atoms with Gasteiger partial charge in [0.25, 0.3) is 0 Å². The van der Waals surface area contributed by atoms with E-state index in [1.54, 1.807) is 20.4 Å². The van der Waals surface area contributed by atoms with Crippen LogP contribution in [0.1, 0.15) is 11.3 Å². The van der Waals surface area contributed by atoms with E-state index < -0.39 is 0 Å². The number of rotatable bonds is 5. The second-order valence-electron chi connectivity index (χ2n) is 5.22. The van der Waals surface area contributed by atoms with Crippen LogP contribution in [0.15, 0.2) is 42.6 Å². The minimum absolute atomic E-state index is 0.625. The first-order chi connectivity index (χ1) is 11.2. The molecule has 2 aromatic heterocycles. The molecule has 1 N–H and O–H groups in total. The monoisotopic (exact) mass is 309 g/mol. The van der Waals surface area contributed by atoms with E-state index in [1.165, 1.54) is 0 Å². The summed E-state index contributed by atoms with van der Waals surface area (Å²) in [5.74, 6) is 2.29. The summed E-state index contributed by atoms with van der Waals surface area (Å²) in [5.41, 5.74) is 2.90. The number of pyridine rings is 2. The zero-order valence-corrected chi connectivity index (χ0v) is 13.5. The Bertz CT molecular complexity index is 819. The number of aromatic nitrogens is 2. The van der Waals surface area contributed by atoms with Crippen LogP contribution in [-0.2, 0) is 6.54 Å². The first kappa shape index (κ1) is 15.1. The second-order valence-corrected chi connectivity index (χ2v) is 5.22. The predicted molar refractivity (Wildman–Crippen MR) is 91.1 cm³/mol. The molecule has 3 aromatic rings. The molecule has 2 heterocycles. The molecule has 3 rings (SSSR count). The summed E-state index contributed by atoms with van der Waals surface area (Å²) in [4.78, 5) is 8.97. The van der Waals surface area contributed by atoms with E-state index in [0.29, 0.717) is 6.54 Å². The average molecular weight is 309 g/mol. The van der Waals surface area contributed by atoms with Gasteiger partial charge in [-0.3, -0.25) is 4.98 Å². The van der Waals surface area contributed by atoms with Crippen molar-refractivity contribution >= 4 is 16.7 Å². The Labute approximate surface area is 135 Å². The van der Waals surface area contributed by atoms with E-state index in [-0.39, 0.29) is 0 Å². The quantitative estimate of drug-likeness (QED) is 0.781. The molecule has 5 heteroatoms. The third kappa shape index (κ3) is 3.18. The number of hydrogen-bond acceptors (Lipinski definition) is 5. The zero-order chi connectivity index (χ0) is 16.2. The van der Waals surface area contributed by atoms with Crippen LogP contribution in [0.2, 0.25) is 0 Å². The van der Waals surface area contributed by atoms with Crippen molar-refractivity contribution in [1.82, 2.24) is 9.97 Å². The van der Waals surface area contributed by atoms with Crippen molar-refractivity contribution in [3.05, 3.63) is 53.9 Å². The Kier molecular flexibility index (Phi) is 4.28. The van der Waals surface area contributed by atoms with Crippen LogP contribution < -0.4 is 14.8 Å². The van der Waals surface area contributed by atoms with Crippen LogP contribution in [0.5, 0.6) is 11.5 Å². The molecular formula is C18H19N3O2. The molecule has 0 saturated carbocycles. The van der Waals surface area contributed by atoms with Gasteiger partial charge in [0.2, 0.25) is 0 Å². The van der Waals surface area contributed by atoms with E-state index in [1.807, 2.05) is 43.3 Å². The minimum Gasteiger partial charge on any atom is -0.497 e. The maximum Gasteiger partial charge on any atom is 0.132 e.